The highest BCUT2D eigenvalue weighted by Crippen LogP contribution is 2.35. The monoisotopic (exact) mass is 521 g/mol. The lowest BCUT2D eigenvalue weighted by Gasteiger charge is -2.11. The van der Waals surface area contributed by atoms with Crippen molar-refractivity contribution in [3.63, 3.8) is 0 Å². The second-order valence-electron chi connectivity index (χ2n) is 9.05. The number of H-pyrrole nitrogens is 1. The number of benzene rings is 4. The fourth-order valence-corrected chi connectivity index (χ4v) is 4.48. The average molecular weight is 522 g/mol. The Balaban J connectivity index is 1.30. The lowest BCUT2D eigenvalue weighted by molar-refractivity contribution is 0.0960. The fraction of sp³-hybridized carbons (Fsp3) is 0.0333. The van der Waals surface area contributed by atoms with Crippen LogP contribution in [0.2, 0.25) is 0 Å². The minimum absolute atomic E-state index is 0.134. The Morgan fingerprint density at radius 1 is 0.769 bits per heavy atom. The zero-order valence-corrected chi connectivity index (χ0v) is 20.4. The minimum atomic E-state index is -0.910. The molecule has 0 spiro atoms. The quantitative estimate of drug-likeness (QED) is 0.0873. The van der Waals surface area contributed by atoms with Crippen molar-refractivity contribution < 1.29 is 18.4 Å². The molecule has 6 rings (SSSR count). The summed E-state index contributed by atoms with van der Waals surface area (Å²) >= 11 is 0. The Hall–Kier alpha value is -5.31. The summed E-state index contributed by atoms with van der Waals surface area (Å²) in [7, 11) is 0. The molecule has 0 unspecified atom stereocenters. The molecule has 4 N–H and O–H groups in total. The Kier molecular flexibility index (Phi) is 6.08. The van der Waals surface area contributed by atoms with Gasteiger partial charge < -0.3 is 20.9 Å². The first kappa shape index (κ1) is 24.1. The van der Waals surface area contributed by atoms with Gasteiger partial charge in [-0.3, -0.25) is 9.59 Å². The Morgan fingerprint density at radius 2 is 1.51 bits per heavy atom. The molecule has 0 bridgehead atoms. The average Bonchev–Trinajstić information content (AvgIpc) is 3.58. The third-order valence-corrected chi connectivity index (χ3v) is 6.39. The Morgan fingerprint density at radius 3 is 2.31 bits per heavy atom. The number of Topliss-reactive ketones (excluding diaryl/α,β-unsaturated/α-hetero) is 2. The summed E-state index contributed by atoms with van der Waals surface area (Å²) in [4.78, 5) is 34.3. The van der Waals surface area contributed by atoms with E-state index in [1.807, 2.05) is 36.4 Å². The second-order valence-corrected chi connectivity index (χ2v) is 9.05. The van der Waals surface area contributed by atoms with Crippen LogP contribution in [0.15, 0.2) is 103 Å². The largest absolute Gasteiger partial charge is 0.381 e. The number of nitrogens with one attached hydrogen (secondary N) is 4. The summed E-state index contributed by atoms with van der Waals surface area (Å²) in [5.74, 6) is -3.08. The number of aromatic nitrogens is 2. The highest BCUT2D eigenvalue weighted by atomic mass is 19.1. The van der Waals surface area contributed by atoms with Gasteiger partial charge in [0.05, 0.1) is 28.7 Å². The summed E-state index contributed by atoms with van der Waals surface area (Å²) < 4.78 is 27.9. The minimum Gasteiger partial charge on any atom is -0.381 e. The molecule has 1 aromatic heterocycles. The lowest BCUT2D eigenvalue weighted by atomic mass is 9.95. The van der Waals surface area contributed by atoms with E-state index in [0.29, 0.717) is 24.0 Å². The van der Waals surface area contributed by atoms with E-state index >= 15 is 0 Å². The van der Waals surface area contributed by atoms with E-state index in [9.17, 15) is 18.4 Å². The molecule has 4 aromatic carbocycles. The fourth-order valence-electron chi connectivity index (χ4n) is 4.48. The maximum atomic E-state index is 13.9. The van der Waals surface area contributed by atoms with Crippen LogP contribution in [0.25, 0.3) is 11.0 Å². The number of carbonyl (C=O) groups is 2. The third-order valence-electron chi connectivity index (χ3n) is 6.39. The zero-order valence-electron chi connectivity index (χ0n) is 20.4. The van der Waals surface area contributed by atoms with Gasteiger partial charge in [-0.2, -0.15) is 0 Å². The van der Waals surface area contributed by atoms with Crippen LogP contribution in [0, 0.1) is 11.6 Å². The molecule has 0 atom stereocenters. The molecule has 5 aromatic rings. The number of hydrogen-bond acceptors (Lipinski definition) is 6. The van der Waals surface area contributed by atoms with Crippen molar-refractivity contribution in [2.24, 2.45) is 0 Å². The van der Waals surface area contributed by atoms with Crippen molar-refractivity contribution in [1.82, 2.24) is 9.97 Å². The number of hydrogen-bond donors (Lipinski definition) is 4. The van der Waals surface area contributed by atoms with Gasteiger partial charge in [0.1, 0.15) is 23.0 Å². The topological polar surface area (TPSA) is 98.9 Å². The smallest absolute Gasteiger partial charge is 0.200 e. The van der Waals surface area contributed by atoms with E-state index in [2.05, 4.69) is 25.9 Å². The number of fused-ring (bicyclic) bond motifs is 2. The number of allylic oxidation sites excluding steroid dienone is 1. The van der Waals surface area contributed by atoms with Gasteiger partial charge in [-0.15, -0.1) is 0 Å². The van der Waals surface area contributed by atoms with E-state index < -0.39 is 23.2 Å². The molecular formula is C30H21F2N5O2. The van der Waals surface area contributed by atoms with Crippen molar-refractivity contribution >= 4 is 39.7 Å². The maximum Gasteiger partial charge on any atom is 0.200 e. The molecule has 39 heavy (non-hydrogen) atoms. The van der Waals surface area contributed by atoms with Crippen LogP contribution in [0.4, 0.5) is 25.8 Å². The standard InChI is InChI=1S/C30H21F2N5O2/c31-20-11-19(12-21(32)13-20)29(39)27(28(38)18-4-2-1-3-5-18)30-36-24-9-7-22(14-26(24)37-30)33-15-17-6-8-23-25(10-17)35-16-34-23/h1-14,16,33,36-37H,15H2,(H,34,35). The first-order chi connectivity index (χ1) is 18.9. The van der Waals surface area contributed by atoms with Gasteiger partial charge in [-0.05, 0) is 48.0 Å². The predicted molar refractivity (Wildman–Crippen MR) is 146 cm³/mol. The van der Waals surface area contributed by atoms with Gasteiger partial charge in [0.25, 0.3) is 0 Å². The van der Waals surface area contributed by atoms with Gasteiger partial charge in [-0.25, -0.2) is 13.8 Å². The van der Waals surface area contributed by atoms with E-state index in [-0.39, 0.29) is 22.5 Å². The third kappa shape index (κ3) is 4.85. The van der Waals surface area contributed by atoms with Crippen LogP contribution in [0.3, 0.4) is 0 Å². The van der Waals surface area contributed by atoms with Gasteiger partial charge in [0.15, 0.2) is 0 Å². The van der Waals surface area contributed by atoms with Gasteiger partial charge >= 0.3 is 0 Å². The van der Waals surface area contributed by atoms with E-state index in [0.717, 1.165) is 34.4 Å². The number of ketones is 2. The van der Waals surface area contributed by atoms with Crippen molar-refractivity contribution in [2.75, 3.05) is 16.0 Å². The molecule has 9 heteroatoms. The first-order valence-corrected chi connectivity index (χ1v) is 12.1. The summed E-state index contributed by atoms with van der Waals surface area (Å²) in [6, 6.07) is 22.2. The molecule has 0 fully saturated rings. The number of aromatic amines is 1. The molecule has 0 radical (unpaired) electrons. The molecular weight excluding hydrogens is 500 g/mol. The van der Waals surface area contributed by atoms with Crippen LogP contribution < -0.4 is 16.0 Å². The van der Waals surface area contributed by atoms with Gasteiger partial charge in [0, 0.05) is 29.4 Å². The second kappa shape index (κ2) is 9.86. The molecule has 0 saturated carbocycles. The molecule has 1 aliphatic rings. The lowest BCUT2D eigenvalue weighted by Crippen LogP contribution is -2.21. The molecule has 0 aliphatic carbocycles. The maximum absolute atomic E-state index is 13.9. The highest BCUT2D eigenvalue weighted by Gasteiger charge is 2.29. The zero-order chi connectivity index (χ0) is 26.9. The van der Waals surface area contributed by atoms with Crippen LogP contribution in [0.5, 0.6) is 0 Å². The number of imidazole rings is 1. The molecule has 0 amide bonds. The number of anilines is 3. The molecule has 7 nitrogen and oxygen atoms in total. The van der Waals surface area contributed by atoms with Crippen LogP contribution in [0.1, 0.15) is 26.3 Å². The molecule has 1 aliphatic heterocycles. The Labute approximate surface area is 221 Å². The van der Waals surface area contributed by atoms with Gasteiger partial charge in [0.2, 0.25) is 11.6 Å². The molecule has 192 valence electrons. The highest BCUT2D eigenvalue weighted by molar-refractivity contribution is 6.32. The summed E-state index contributed by atoms with van der Waals surface area (Å²) in [6.45, 7) is 0.555. The van der Waals surface area contributed by atoms with Crippen LogP contribution in [-0.4, -0.2) is 21.5 Å². The van der Waals surface area contributed by atoms with Crippen molar-refractivity contribution in [1.29, 1.82) is 0 Å². The van der Waals surface area contributed by atoms with Crippen LogP contribution >= 0.6 is 0 Å². The van der Waals surface area contributed by atoms with E-state index in [1.54, 1.807) is 36.7 Å². The SMILES string of the molecule is O=C(C(C(=O)c1cc(F)cc(F)c1)=C1Nc2ccc(NCc3ccc4[nH]cnc4c3)cc2N1)c1ccccc1. The van der Waals surface area contributed by atoms with Crippen LogP contribution in [-0.2, 0) is 6.54 Å². The number of halogens is 2. The van der Waals surface area contributed by atoms with Gasteiger partial charge in [-0.1, -0.05) is 36.4 Å². The molecule has 2 heterocycles. The van der Waals surface area contributed by atoms with Crippen molar-refractivity contribution in [3.05, 3.63) is 131 Å². The Bertz CT molecular complexity index is 1760. The van der Waals surface area contributed by atoms with Crippen molar-refractivity contribution in [2.45, 2.75) is 6.54 Å². The van der Waals surface area contributed by atoms with Crippen molar-refractivity contribution in [3.8, 4) is 0 Å². The number of carbonyl (C=O) groups excluding carboxylic acids is 2. The predicted octanol–water partition coefficient (Wildman–Crippen LogP) is 6.27. The van der Waals surface area contributed by atoms with E-state index in [1.165, 1.54) is 0 Å². The molecule has 0 saturated heterocycles. The number of rotatable bonds is 7. The van der Waals surface area contributed by atoms with E-state index in [4.69, 9.17) is 0 Å². The first-order valence-electron chi connectivity index (χ1n) is 12.1. The normalized spacial score (nSPS) is 13.4. The number of nitrogens with zero attached hydrogens (tertiary/aromatic N) is 1. The summed E-state index contributed by atoms with van der Waals surface area (Å²) in [5.41, 5.74) is 4.70. The summed E-state index contributed by atoms with van der Waals surface area (Å²) in [5, 5.41) is 9.56. The summed E-state index contributed by atoms with van der Waals surface area (Å²) in [6.07, 6.45) is 1.65.